The third-order valence-electron chi connectivity index (χ3n) is 4.70. The minimum atomic E-state index is -0.0977. The van der Waals surface area contributed by atoms with E-state index in [1.807, 2.05) is 36.1 Å². The molecule has 0 unspecified atom stereocenters. The lowest BCUT2D eigenvalue weighted by Gasteiger charge is -2.31. The number of hydrogen-bond donors (Lipinski definition) is 1. The molecule has 6 heteroatoms. The Hall–Kier alpha value is -2.63. The van der Waals surface area contributed by atoms with E-state index in [1.165, 1.54) is 0 Å². The van der Waals surface area contributed by atoms with E-state index >= 15 is 0 Å². The summed E-state index contributed by atoms with van der Waals surface area (Å²) in [6, 6.07) is 9.64. The SMILES string of the molecule is Cc1cc(NC(=O)C2CCN(C(=O)Cc3ccccc3C)CC2)no1. The molecule has 0 radical (unpaired) electrons. The van der Waals surface area contributed by atoms with Gasteiger partial charge in [-0.3, -0.25) is 9.59 Å². The topological polar surface area (TPSA) is 75.4 Å². The maximum Gasteiger partial charge on any atom is 0.228 e. The summed E-state index contributed by atoms with van der Waals surface area (Å²) >= 11 is 0. The number of hydrogen-bond acceptors (Lipinski definition) is 4. The molecular weight excluding hydrogens is 318 g/mol. The molecule has 1 aliphatic rings. The Bertz CT molecular complexity index is 761. The number of aryl methyl sites for hydroxylation is 2. The van der Waals surface area contributed by atoms with Crippen LogP contribution < -0.4 is 5.32 Å². The lowest BCUT2D eigenvalue weighted by atomic mass is 9.95. The van der Waals surface area contributed by atoms with E-state index in [9.17, 15) is 9.59 Å². The zero-order chi connectivity index (χ0) is 17.8. The van der Waals surface area contributed by atoms with Crippen molar-refractivity contribution in [2.45, 2.75) is 33.1 Å². The van der Waals surface area contributed by atoms with Crippen LogP contribution in [0.4, 0.5) is 5.82 Å². The molecule has 1 saturated heterocycles. The number of nitrogens with zero attached hydrogens (tertiary/aromatic N) is 2. The first-order chi connectivity index (χ1) is 12.0. The fraction of sp³-hybridized carbons (Fsp3) is 0.421. The standard InChI is InChI=1S/C19H23N3O3/c1-13-5-3-4-6-16(13)12-18(23)22-9-7-15(8-10-22)19(24)20-17-11-14(2)25-21-17/h3-6,11,15H,7-10,12H2,1-2H3,(H,20,21,24). The molecule has 6 nitrogen and oxygen atoms in total. The summed E-state index contributed by atoms with van der Waals surface area (Å²) < 4.78 is 4.95. The quantitative estimate of drug-likeness (QED) is 0.928. The van der Waals surface area contributed by atoms with Gasteiger partial charge in [0, 0.05) is 25.1 Å². The number of benzene rings is 1. The van der Waals surface area contributed by atoms with Crippen molar-refractivity contribution in [3.8, 4) is 0 Å². The minimum absolute atomic E-state index is 0.0562. The molecule has 2 aromatic rings. The molecule has 1 aromatic carbocycles. The molecule has 2 amide bonds. The molecular formula is C19H23N3O3. The summed E-state index contributed by atoms with van der Waals surface area (Å²) in [7, 11) is 0. The normalized spacial score (nSPS) is 15.2. The Balaban J connectivity index is 1.50. The number of carbonyl (C=O) groups is 2. The van der Waals surface area contributed by atoms with Gasteiger partial charge in [0.25, 0.3) is 0 Å². The second kappa shape index (κ2) is 7.51. The highest BCUT2D eigenvalue weighted by Crippen LogP contribution is 2.20. The minimum Gasteiger partial charge on any atom is -0.360 e. The van der Waals surface area contributed by atoms with Crippen molar-refractivity contribution in [2.24, 2.45) is 5.92 Å². The Labute approximate surface area is 147 Å². The average Bonchev–Trinajstić information content (AvgIpc) is 3.02. The van der Waals surface area contributed by atoms with Crippen LogP contribution in [0.3, 0.4) is 0 Å². The molecule has 1 aromatic heterocycles. The predicted octanol–water partition coefficient (Wildman–Crippen LogP) is 2.71. The van der Waals surface area contributed by atoms with Crippen LogP contribution in [0.1, 0.15) is 29.7 Å². The molecule has 132 valence electrons. The Morgan fingerprint density at radius 1 is 1.24 bits per heavy atom. The summed E-state index contributed by atoms with van der Waals surface area (Å²) in [5.41, 5.74) is 2.20. The van der Waals surface area contributed by atoms with Gasteiger partial charge in [-0.15, -0.1) is 0 Å². The zero-order valence-electron chi connectivity index (χ0n) is 14.6. The first-order valence-electron chi connectivity index (χ1n) is 8.59. The fourth-order valence-corrected chi connectivity index (χ4v) is 3.13. The van der Waals surface area contributed by atoms with Gasteiger partial charge >= 0.3 is 0 Å². The first kappa shape index (κ1) is 17.2. The molecule has 1 fully saturated rings. The van der Waals surface area contributed by atoms with E-state index in [1.54, 1.807) is 13.0 Å². The summed E-state index contributed by atoms with van der Waals surface area (Å²) in [6.45, 7) is 5.02. The van der Waals surface area contributed by atoms with E-state index in [2.05, 4.69) is 10.5 Å². The Morgan fingerprint density at radius 3 is 2.60 bits per heavy atom. The highest BCUT2D eigenvalue weighted by Gasteiger charge is 2.27. The monoisotopic (exact) mass is 341 g/mol. The largest absolute Gasteiger partial charge is 0.360 e. The van der Waals surface area contributed by atoms with Gasteiger partial charge in [-0.05, 0) is 37.8 Å². The smallest absolute Gasteiger partial charge is 0.228 e. The maximum atomic E-state index is 12.5. The van der Waals surface area contributed by atoms with Crippen molar-refractivity contribution in [2.75, 3.05) is 18.4 Å². The third-order valence-corrected chi connectivity index (χ3v) is 4.70. The second-order valence-corrected chi connectivity index (χ2v) is 6.57. The van der Waals surface area contributed by atoms with Crippen LogP contribution in [-0.2, 0) is 16.0 Å². The molecule has 0 saturated carbocycles. The Morgan fingerprint density at radius 2 is 1.96 bits per heavy atom. The number of piperidine rings is 1. The second-order valence-electron chi connectivity index (χ2n) is 6.57. The molecule has 0 atom stereocenters. The number of carbonyl (C=O) groups excluding carboxylic acids is 2. The summed E-state index contributed by atoms with van der Waals surface area (Å²) in [6.07, 6.45) is 1.76. The molecule has 25 heavy (non-hydrogen) atoms. The van der Waals surface area contributed by atoms with Crippen LogP contribution >= 0.6 is 0 Å². The molecule has 0 aliphatic carbocycles. The van der Waals surface area contributed by atoms with Crippen LogP contribution in [-0.4, -0.2) is 35.0 Å². The highest BCUT2D eigenvalue weighted by atomic mass is 16.5. The lowest BCUT2D eigenvalue weighted by molar-refractivity contribution is -0.133. The molecule has 0 spiro atoms. The zero-order valence-corrected chi connectivity index (χ0v) is 14.6. The molecule has 0 bridgehead atoms. The van der Waals surface area contributed by atoms with E-state index in [-0.39, 0.29) is 17.7 Å². The van der Waals surface area contributed by atoms with E-state index < -0.39 is 0 Å². The number of amides is 2. The van der Waals surface area contributed by atoms with Crippen LogP contribution in [0.5, 0.6) is 0 Å². The van der Waals surface area contributed by atoms with Crippen molar-refractivity contribution in [1.82, 2.24) is 10.1 Å². The summed E-state index contributed by atoms with van der Waals surface area (Å²) in [5, 5.41) is 6.55. The number of anilines is 1. The van der Waals surface area contributed by atoms with Gasteiger partial charge in [0.1, 0.15) is 5.76 Å². The van der Waals surface area contributed by atoms with E-state index in [0.717, 1.165) is 11.1 Å². The van der Waals surface area contributed by atoms with Gasteiger partial charge in [0.2, 0.25) is 11.8 Å². The van der Waals surface area contributed by atoms with Crippen molar-refractivity contribution < 1.29 is 14.1 Å². The van der Waals surface area contributed by atoms with Gasteiger partial charge in [0.15, 0.2) is 5.82 Å². The van der Waals surface area contributed by atoms with Crippen LogP contribution in [0.25, 0.3) is 0 Å². The lowest BCUT2D eigenvalue weighted by Crippen LogP contribution is -2.42. The van der Waals surface area contributed by atoms with Gasteiger partial charge in [-0.2, -0.15) is 0 Å². The highest BCUT2D eigenvalue weighted by molar-refractivity contribution is 5.91. The number of aromatic nitrogens is 1. The van der Waals surface area contributed by atoms with Gasteiger partial charge < -0.3 is 14.7 Å². The average molecular weight is 341 g/mol. The molecule has 3 rings (SSSR count). The van der Waals surface area contributed by atoms with Crippen molar-refractivity contribution in [1.29, 1.82) is 0 Å². The number of nitrogens with one attached hydrogen (secondary N) is 1. The third kappa shape index (κ3) is 4.26. The first-order valence-corrected chi connectivity index (χ1v) is 8.59. The van der Waals surface area contributed by atoms with Gasteiger partial charge in [-0.1, -0.05) is 29.4 Å². The molecule has 2 heterocycles. The van der Waals surface area contributed by atoms with Crippen molar-refractivity contribution >= 4 is 17.6 Å². The van der Waals surface area contributed by atoms with Crippen LogP contribution in [0.15, 0.2) is 34.9 Å². The Kier molecular flexibility index (Phi) is 5.16. The van der Waals surface area contributed by atoms with E-state index in [4.69, 9.17) is 4.52 Å². The van der Waals surface area contributed by atoms with Crippen molar-refractivity contribution in [3.63, 3.8) is 0 Å². The molecule has 1 aliphatic heterocycles. The van der Waals surface area contributed by atoms with Crippen LogP contribution in [0.2, 0.25) is 0 Å². The molecule has 1 N–H and O–H groups in total. The summed E-state index contributed by atoms with van der Waals surface area (Å²) in [5.74, 6) is 1.08. The summed E-state index contributed by atoms with van der Waals surface area (Å²) in [4.78, 5) is 26.6. The maximum absolute atomic E-state index is 12.5. The number of likely N-dealkylation sites (tertiary alicyclic amines) is 1. The fourth-order valence-electron chi connectivity index (χ4n) is 3.13. The van der Waals surface area contributed by atoms with Crippen molar-refractivity contribution in [3.05, 3.63) is 47.2 Å². The van der Waals surface area contributed by atoms with Crippen LogP contribution in [0, 0.1) is 19.8 Å². The number of rotatable bonds is 4. The van der Waals surface area contributed by atoms with Gasteiger partial charge in [0.05, 0.1) is 6.42 Å². The van der Waals surface area contributed by atoms with E-state index in [0.29, 0.717) is 43.9 Å². The predicted molar refractivity (Wildman–Crippen MR) is 94.1 cm³/mol. The van der Waals surface area contributed by atoms with Gasteiger partial charge in [-0.25, -0.2) is 0 Å².